The van der Waals surface area contributed by atoms with Gasteiger partial charge in [0.05, 0.1) is 24.3 Å². The van der Waals surface area contributed by atoms with E-state index in [-0.39, 0.29) is 24.6 Å². The monoisotopic (exact) mass is 505 g/mol. The number of rotatable bonds is 7. The van der Waals surface area contributed by atoms with E-state index < -0.39 is 6.09 Å². The number of benzene rings is 2. The zero-order valence-electron chi connectivity index (χ0n) is 20.7. The smallest absolute Gasteiger partial charge is 0.411 e. The Morgan fingerprint density at radius 2 is 1.69 bits per heavy atom. The number of anilines is 1. The van der Waals surface area contributed by atoms with Gasteiger partial charge >= 0.3 is 12.1 Å². The average molecular weight is 506 g/mol. The first kappa shape index (κ1) is 25.4. The van der Waals surface area contributed by atoms with E-state index in [0.29, 0.717) is 22.9 Å². The van der Waals surface area contributed by atoms with Crippen LogP contribution in [0.1, 0.15) is 44.4 Å². The summed E-state index contributed by atoms with van der Waals surface area (Å²) in [6.45, 7) is 7.25. The molecule has 7 nitrogen and oxygen atoms in total. The van der Waals surface area contributed by atoms with Crippen molar-refractivity contribution in [1.29, 1.82) is 0 Å². The number of fused-ring (bicyclic) bond motifs is 1. The summed E-state index contributed by atoms with van der Waals surface area (Å²) in [6, 6.07) is 15.1. The number of esters is 1. The molecule has 1 amide bonds. The van der Waals surface area contributed by atoms with Crippen LogP contribution in [-0.2, 0) is 27.1 Å². The fourth-order valence-electron chi connectivity index (χ4n) is 3.87. The maximum Gasteiger partial charge on any atom is 0.411 e. The van der Waals surface area contributed by atoms with E-state index in [4.69, 9.17) is 21.1 Å². The van der Waals surface area contributed by atoms with Crippen LogP contribution in [0.4, 0.5) is 16.3 Å². The average Bonchev–Trinajstić information content (AvgIpc) is 3.23. The number of ether oxygens (including phenoxy) is 2. The predicted octanol–water partition coefficient (Wildman–Crippen LogP) is 6.53. The number of aliphatic imine (C=N–C) groups is 1. The fourth-order valence-corrected chi connectivity index (χ4v) is 4.09. The van der Waals surface area contributed by atoms with Gasteiger partial charge in [-0.15, -0.1) is 0 Å². The molecule has 0 bridgehead atoms. The van der Waals surface area contributed by atoms with Crippen LogP contribution in [0.2, 0.25) is 5.02 Å². The van der Waals surface area contributed by atoms with Crippen LogP contribution in [0.15, 0.2) is 59.7 Å². The van der Waals surface area contributed by atoms with Gasteiger partial charge in [0.15, 0.2) is 5.82 Å². The second-order valence-electron chi connectivity index (χ2n) is 9.13. The number of halogens is 1. The number of aromatic nitrogens is 1. The highest BCUT2D eigenvalue weighted by Gasteiger charge is 2.21. The van der Waals surface area contributed by atoms with E-state index in [0.717, 1.165) is 33.5 Å². The molecule has 0 aliphatic carbocycles. The first-order valence-electron chi connectivity index (χ1n) is 11.8. The molecule has 1 aromatic heterocycles. The lowest BCUT2D eigenvalue weighted by Gasteiger charge is -2.11. The molecule has 0 unspecified atom stereocenters. The third-order valence-corrected chi connectivity index (χ3v) is 5.74. The maximum atomic E-state index is 12.0. The van der Waals surface area contributed by atoms with Gasteiger partial charge in [-0.3, -0.25) is 10.1 Å². The largest absolute Gasteiger partial charge is 0.463 e. The van der Waals surface area contributed by atoms with Crippen molar-refractivity contribution in [1.82, 2.24) is 4.98 Å². The van der Waals surface area contributed by atoms with E-state index in [2.05, 4.69) is 21.4 Å². The molecule has 1 aliphatic heterocycles. The van der Waals surface area contributed by atoms with Gasteiger partial charge in [-0.05, 0) is 63.1 Å². The molecule has 0 saturated carbocycles. The molecule has 2 heterocycles. The van der Waals surface area contributed by atoms with Gasteiger partial charge < -0.3 is 9.47 Å². The summed E-state index contributed by atoms with van der Waals surface area (Å²) in [6.07, 6.45) is 1.72. The zero-order valence-corrected chi connectivity index (χ0v) is 21.4. The lowest BCUT2D eigenvalue weighted by Crippen LogP contribution is -2.18. The molecular formula is C28H28ClN3O4. The minimum atomic E-state index is -0.524. The Balaban J connectivity index is 1.48. The van der Waals surface area contributed by atoms with E-state index in [9.17, 15) is 9.59 Å². The molecule has 36 heavy (non-hydrogen) atoms. The number of amides is 1. The minimum absolute atomic E-state index is 0.128. The molecule has 0 fully saturated rings. The standard InChI is InChI=1S/C28H28ClN3O4/c1-16(2)35-26(33)11-18-5-7-19(8-6-18)21-12-20-13-25(32-27(20)30-15-21)23-14-22(9-10-24(23)29)31-28(34)36-17(3)4/h5-10,12,14-17H,11,13H2,1-4H3,(H,31,34). The first-order valence-corrected chi connectivity index (χ1v) is 12.2. The number of carbonyl (C=O) groups is 2. The van der Waals surface area contributed by atoms with Gasteiger partial charge in [-0.25, -0.2) is 14.8 Å². The topological polar surface area (TPSA) is 89.9 Å². The highest BCUT2D eigenvalue weighted by atomic mass is 35.5. The van der Waals surface area contributed by atoms with Crippen LogP contribution in [0.5, 0.6) is 0 Å². The Bertz CT molecular complexity index is 1320. The molecule has 0 atom stereocenters. The molecule has 1 aliphatic rings. The molecule has 8 heteroatoms. The number of nitrogens with zero attached hydrogens (tertiary/aromatic N) is 2. The molecule has 186 valence electrons. The summed E-state index contributed by atoms with van der Waals surface area (Å²) in [4.78, 5) is 33.1. The Morgan fingerprint density at radius 1 is 0.972 bits per heavy atom. The molecular weight excluding hydrogens is 478 g/mol. The summed E-state index contributed by atoms with van der Waals surface area (Å²) in [5.41, 5.74) is 5.91. The van der Waals surface area contributed by atoms with Crippen molar-refractivity contribution < 1.29 is 19.1 Å². The van der Waals surface area contributed by atoms with E-state index >= 15 is 0 Å². The van der Waals surface area contributed by atoms with Crippen molar-refractivity contribution in [3.05, 3.63) is 76.4 Å². The third kappa shape index (κ3) is 6.29. The summed E-state index contributed by atoms with van der Waals surface area (Å²) >= 11 is 6.47. The Hall–Kier alpha value is -3.71. The summed E-state index contributed by atoms with van der Waals surface area (Å²) in [7, 11) is 0. The minimum Gasteiger partial charge on any atom is -0.463 e. The number of pyridine rings is 1. The van der Waals surface area contributed by atoms with Gasteiger partial charge in [-0.2, -0.15) is 0 Å². The highest BCUT2D eigenvalue weighted by molar-refractivity contribution is 6.34. The summed E-state index contributed by atoms with van der Waals surface area (Å²) < 4.78 is 10.4. The van der Waals surface area contributed by atoms with Crippen molar-refractivity contribution >= 4 is 40.9 Å². The normalized spacial score (nSPS) is 12.4. The van der Waals surface area contributed by atoms with E-state index in [1.165, 1.54) is 0 Å². The third-order valence-electron chi connectivity index (χ3n) is 5.41. The van der Waals surface area contributed by atoms with Crippen molar-refractivity contribution in [2.75, 3.05) is 5.32 Å². The Morgan fingerprint density at radius 3 is 2.39 bits per heavy atom. The Labute approximate surface area is 215 Å². The summed E-state index contributed by atoms with van der Waals surface area (Å²) in [5.74, 6) is 0.409. The molecule has 0 spiro atoms. The molecule has 3 aromatic rings. The van der Waals surface area contributed by atoms with Crippen molar-refractivity contribution in [3.63, 3.8) is 0 Å². The predicted molar refractivity (Wildman–Crippen MR) is 141 cm³/mol. The molecule has 0 radical (unpaired) electrons. The maximum absolute atomic E-state index is 12.0. The van der Waals surface area contributed by atoms with Gasteiger partial charge in [0, 0.05) is 40.0 Å². The molecule has 1 N–H and O–H groups in total. The molecule has 4 rings (SSSR count). The SMILES string of the molecule is CC(C)OC(=O)Cc1ccc(-c2cnc3c(c2)CC(c2cc(NC(=O)OC(C)C)ccc2Cl)=N3)cc1. The van der Waals surface area contributed by atoms with Crippen LogP contribution < -0.4 is 5.32 Å². The van der Waals surface area contributed by atoms with Gasteiger partial charge in [0.25, 0.3) is 0 Å². The van der Waals surface area contributed by atoms with Crippen LogP contribution in [0, 0.1) is 0 Å². The number of hydrogen-bond acceptors (Lipinski definition) is 6. The second kappa shape index (κ2) is 10.9. The summed E-state index contributed by atoms with van der Waals surface area (Å²) in [5, 5.41) is 3.26. The quantitative estimate of drug-likeness (QED) is 0.369. The van der Waals surface area contributed by atoms with Crippen LogP contribution in [0.3, 0.4) is 0 Å². The van der Waals surface area contributed by atoms with Crippen molar-refractivity contribution in [3.8, 4) is 11.1 Å². The van der Waals surface area contributed by atoms with Crippen molar-refractivity contribution in [2.45, 2.75) is 52.7 Å². The molecule has 0 saturated heterocycles. The fraction of sp³-hybridized carbons (Fsp3) is 0.286. The zero-order chi connectivity index (χ0) is 25.8. The number of hydrogen-bond donors (Lipinski definition) is 1. The lowest BCUT2D eigenvalue weighted by atomic mass is 10.0. The molecule has 2 aromatic carbocycles. The van der Waals surface area contributed by atoms with Crippen LogP contribution >= 0.6 is 11.6 Å². The second-order valence-corrected chi connectivity index (χ2v) is 9.54. The van der Waals surface area contributed by atoms with Gasteiger partial charge in [-0.1, -0.05) is 35.9 Å². The van der Waals surface area contributed by atoms with Crippen molar-refractivity contribution in [2.24, 2.45) is 4.99 Å². The van der Waals surface area contributed by atoms with Crippen LogP contribution in [-0.4, -0.2) is 35.0 Å². The Kier molecular flexibility index (Phi) is 7.70. The number of carbonyl (C=O) groups excluding carboxylic acids is 2. The lowest BCUT2D eigenvalue weighted by molar-refractivity contribution is -0.146. The van der Waals surface area contributed by atoms with E-state index in [1.54, 1.807) is 38.2 Å². The van der Waals surface area contributed by atoms with Gasteiger partial charge in [0.1, 0.15) is 0 Å². The van der Waals surface area contributed by atoms with E-state index in [1.807, 2.05) is 38.1 Å². The highest BCUT2D eigenvalue weighted by Crippen LogP contribution is 2.33. The first-order chi connectivity index (χ1) is 17.2. The number of nitrogens with one attached hydrogen (secondary N) is 1. The van der Waals surface area contributed by atoms with Crippen LogP contribution in [0.25, 0.3) is 11.1 Å². The van der Waals surface area contributed by atoms with Gasteiger partial charge in [0.2, 0.25) is 0 Å².